The van der Waals surface area contributed by atoms with Gasteiger partial charge in [-0.25, -0.2) is 0 Å². The molecule has 44 heavy (non-hydrogen) atoms. The van der Waals surface area contributed by atoms with Crippen molar-refractivity contribution in [3.8, 4) is 0 Å². The van der Waals surface area contributed by atoms with E-state index in [1.165, 1.54) is 0 Å². The predicted molar refractivity (Wildman–Crippen MR) is 173 cm³/mol. The summed E-state index contributed by atoms with van der Waals surface area (Å²) in [5.41, 5.74) is 2.82. The lowest BCUT2D eigenvalue weighted by atomic mass is 9.94. The SMILES string of the molecule is C=CCC[C@H](Cc1ccccc1)C(=O)OC[C@@H](NC(=O)[C@H](CC=C)CC(=O)N[C@H](CO)Cc1ccccc1)c1ccccc1. The molecule has 4 atom stereocenters. The highest BCUT2D eigenvalue weighted by Gasteiger charge is 2.27. The molecule has 3 rings (SSSR count). The monoisotopic (exact) mass is 596 g/mol. The number of aliphatic hydroxyl groups is 1. The standard InChI is InChI=1S/C37H44N2O5/c1-3-5-20-32(23-28-16-9-6-10-17-28)37(43)44-27-34(30-21-13-8-14-22-30)39-36(42)31(15-4-2)25-35(41)38-33(26-40)24-29-18-11-7-12-19-29/h3-4,6-14,16-19,21-22,31-34,40H,1-2,5,15,20,23-27H2,(H,38,41)(H,39,42)/t31-,32-,33+,34-/m1/s1. The van der Waals surface area contributed by atoms with E-state index in [-0.39, 0.29) is 49.8 Å². The molecule has 7 nitrogen and oxygen atoms in total. The number of benzene rings is 3. The molecule has 0 unspecified atom stereocenters. The van der Waals surface area contributed by atoms with Crippen LogP contribution in [-0.4, -0.2) is 42.1 Å². The second kappa shape index (κ2) is 18.9. The number of carbonyl (C=O) groups is 3. The van der Waals surface area contributed by atoms with Crippen molar-refractivity contribution >= 4 is 17.8 Å². The van der Waals surface area contributed by atoms with E-state index in [4.69, 9.17) is 4.74 Å². The van der Waals surface area contributed by atoms with Crippen molar-refractivity contribution in [2.45, 2.75) is 50.6 Å². The molecule has 0 aromatic heterocycles. The third-order valence-corrected chi connectivity index (χ3v) is 7.45. The molecule has 0 bridgehead atoms. The number of hydrogen-bond donors (Lipinski definition) is 3. The maximum Gasteiger partial charge on any atom is 0.309 e. The molecular weight excluding hydrogens is 552 g/mol. The zero-order valence-electron chi connectivity index (χ0n) is 25.3. The lowest BCUT2D eigenvalue weighted by molar-refractivity contribution is -0.150. The molecule has 3 N–H and O–H groups in total. The number of carbonyl (C=O) groups excluding carboxylic acids is 3. The van der Waals surface area contributed by atoms with Gasteiger partial charge in [-0.05, 0) is 48.8 Å². The fraction of sp³-hybridized carbons (Fsp3) is 0.324. The third kappa shape index (κ3) is 11.7. The highest BCUT2D eigenvalue weighted by Crippen LogP contribution is 2.20. The molecule has 232 valence electrons. The lowest BCUT2D eigenvalue weighted by Gasteiger charge is -2.24. The van der Waals surface area contributed by atoms with Gasteiger partial charge in [0.15, 0.2) is 0 Å². The van der Waals surface area contributed by atoms with Crippen molar-refractivity contribution in [1.29, 1.82) is 0 Å². The van der Waals surface area contributed by atoms with E-state index in [0.717, 1.165) is 16.7 Å². The number of amides is 2. The zero-order chi connectivity index (χ0) is 31.6. The molecule has 3 aromatic rings. The Balaban J connectivity index is 1.66. The molecule has 0 saturated carbocycles. The summed E-state index contributed by atoms with van der Waals surface area (Å²) in [5.74, 6) is -2.06. The molecule has 7 heteroatoms. The Labute approximate surface area is 261 Å². The van der Waals surface area contributed by atoms with Crippen LogP contribution in [0.25, 0.3) is 0 Å². The highest BCUT2D eigenvalue weighted by atomic mass is 16.5. The van der Waals surface area contributed by atoms with Crippen LogP contribution in [0.3, 0.4) is 0 Å². The van der Waals surface area contributed by atoms with E-state index in [2.05, 4.69) is 23.8 Å². The van der Waals surface area contributed by atoms with Crippen LogP contribution < -0.4 is 10.6 Å². The van der Waals surface area contributed by atoms with Gasteiger partial charge in [0.25, 0.3) is 0 Å². The van der Waals surface area contributed by atoms with Gasteiger partial charge in [-0.1, -0.05) is 103 Å². The van der Waals surface area contributed by atoms with E-state index in [0.29, 0.717) is 25.7 Å². The summed E-state index contributed by atoms with van der Waals surface area (Å²) in [5, 5.41) is 15.7. The summed E-state index contributed by atoms with van der Waals surface area (Å²) in [6.07, 6.45) is 5.91. The lowest BCUT2D eigenvalue weighted by Crippen LogP contribution is -2.42. The number of ether oxygens (including phenoxy) is 1. The van der Waals surface area contributed by atoms with Gasteiger partial charge in [-0.2, -0.15) is 0 Å². The van der Waals surface area contributed by atoms with Gasteiger partial charge >= 0.3 is 5.97 Å². The summed E-state index contributed by atoms with van der Waals surface area (Å²) in [6.45, 7) is 7.28. The molecule has 0 aliphatic rings. The molecule has 0 aliphatic heterocycles. The van der Waals surface area contributed by atoms with Crippen LogP contribution in [0.15, 0.2) is 116 Å². The maximum atomic E-state index is 13.5. The van der Waals surface area contributed by atoms with Crippen molar-refractivity contribution in [3.63, 3.8) is 0 Å². The van der Waals surface area contributed by atoms with E-state index < -0.39 is 18.0 Å². The topological polar surface area (TPSA) is 105 Å². The van der Waals surface area contributed by atoms with Crippen molar-refractivity contribution in [3.05, 3.63) is 133 Å². The Morgan fingerprint density at radius 2 is 1.36 bits per heavy atom. The van der Waals surface area contributed by atoms with Crippen LogP contribution in [0.1, 0.15) is 48.4 Å². The molecule has 0 spiro atoms. The van der Waals surface area contributed by atoms with Gasteiger partial charge in [0.05, 0.1) is 30.5 Å². The third-order valence-electron chi connectivity index (χ3n) is 7.45. The van der Waals surface area contributed by atoms with Gasteiger partial charge in [0.2, 0.25) is 11.8 Å². The van der Waals surface area contributed by atoms with Crippen LogP contribution in [-0.2, 0) is 32.0 Å². The van der Waals surface area contributed by atoms with E-state index >= 15 is 0 Å². The fourth-order valence-electron chi connectivity index (χ4n) is 5.05. The van der Waals surface area contributed by atoms with Gasteiger partial charge in [0.1, 0.15) is 6.61 Å². The Morgan fingerprint density at radius 3 is 1.93 bits per heavy atom. The van der Waals surface area contributed by atoms with Gasteiger partial charge in [0, 0.05) is 6.42 Å². The second-order valence-electron chi connectivity index (χ2n) is 10.9. The summed E-state index contributed by atoms with van der Waals surface area (Å²) < 4.78 is 5.82. The van der Waals surface area contributed by atoms with Crippen LogP contribution in [0, 0.1) is 11.8 Å². The summed E-state index contributed by atoms with van der Waals surface area (Å²) in [6, 6.07) is 27.6. The Hall–Kier alpha value is -4.49. The Morgan fingerprint density at radius 1 is 0.773 bits per heavy atom. The molecule has 2 amide bonds. The quantitative estimate of drug-likeness (QED) is 0.125. The van der Waals surface area contributed by atoms with E-state index in [1.54, 1.807) is 12.2 Å². The normalized spacial score (nSPS) is 13.5. The van der Waals surface area contributed by atoms with Crippen LogP contribution in [0.5, 0.6) is 0 Å². The largest absolute Gasteiger partial charge is 0.463 e. The smallest absolute Gasteiger partial charge is 0.309 e. The molecular formula is C37H44N2O5. The van der Waals surface area contributed by atoms with Crippen LogP contribution in [0.2, 0.25) is 0 Å². The van der Waals surface area contributed by atoms with Crippen LogP contribution in [0.4, 0.5) is 0 Å². The minimum Gasteiger partial charge on any atom is -0.463 e. The average molecular weight is 597 g/mol. The number of esters is 1. The van der Waals surface area contributed by atoms with Gasteiger partial charge in [-0.15, -0.1) is 13.2 Å². The first-order valence-electron chi connectivity index (χ1n) is 15.1. The van der Waals surface area contributed by atoms with Gasteiger partial charge in [-0.3, -0.25) is 14.4 Å². The van der Waals surface area contributed by atoms with Crippen LogP contribution >= 0.6 is 0 Å². The van der Waals surface area contributed by atoms with E-state index in [1.807, 2.05) is 91.0 Å². The average Bonchev–Trinajstić information content (AvgIpc) is 3.05. The fourth-order valence-corrected chi connectivity index (χ4v) is 5.05. The molecule has 0 fully saturated rings. The molecule has 0 saturated heterocycles. The zero-order valence-corrected chi connectivity index (χ0v) is 25.3. The summed E-state index contributed by atoms with van der Waals surface area (Å²) in [7, 11) is 0. The van der Waals surface area contributed by atoms with Gasteiger partial charge < -0.3 is 20.5 Å². The van der Waals surface area contributed by atoms with Crippen molar-refractivity contribution in [2.24, 2.45) is 11.8 Å². The second-order valence-corrected chi connectivity index (χ2v) is 10.9. The minimum atomic E-state index is -0.691. The molecule has 0 radical (unpaired) electrons. The highest BCUT2D eigenvalue weighted by molar-refractivity contribution is 5.86. The first-order chi connectivity index (χ1) is 21.4. The molecule has 0 heterocycles. The maximum absolute atomic E-state index is 13.5. The number of hydrogen-bond acceptors (Lipinski definition) is 5. The minimum absolute atomic E-state index is 0.0510. The number of aliphatic hydroxyl groups excluding tert-OH is 1. The number of nitrogens with one attached hydrogen (secondary N) is 2. The first kappa shape index (κ1) is 34.0. The van der Waals surface area contributed by atoms with E-state index in [9.17, 15) is 19.5 Å². The first-order valence-corrected chi connectivity index (χ1v) is 15.1. The van der Waals surface area contributed by atoms with Crippen molar-refractivity contribution < 1.29 is 24.2 Å². The summed E-state index contributed by atoms with van der Waals surface area (Å²) >= 11 is 0. The number of rotatable bonds is 19. The molecule has 3 aromatic carbocycles. The Kier molecular flexibility index (Phi) is 14.6. The van der Waals surface area contributed by atoms with Crippen molar-refractivity contribution in [1.82, 2.24) is 10.6 Å². The Bertz CT molecular complexity index is 1310. The summed E-state index contributed by atoms with van der Waals surface area (Å²) in [4.78, 5) is 39.7. The molecule has 0 aliphatic carbocycles. The van der Waals surface area contributed by atoms with Crippen molar-refractivity contribution in [2.75, 3.05) is 13.2 Å². The predicted octanol–water partition coefficient (Wildman–Crippen LogP) is 5.51. The number of allylic oxidation sites excluding steroid dienone is 2.